The van der Waals surface area contributed by atoms with E-state index in [9.17, 15) is 4.79 Å². The molecule has 2 fully saturated rings. The molecule has 11 nitrogen and oxygen atoms in total. The highest BCUT2D eigenvalue weighted by Gasteiger charge is 2.46. The minimum atomic E-state index is -1.36. The molecule has 50 heavy (non-hydrogen) atoms. The molecule has 0 N–H and O–H groups in total. The predicted molar refractivity (Wildman–Crippen MR) is 186 cm³/mol. The molecule has 5 aromatic rings. The van der Waals surface area contributed by atoms with Crippen molar-refractivity contribution < 1.29 is 28.1 Å². The summed E-state index contributed by atoms with van der Waals surface area (Å²) in [6.45, 7) is 7.93. The second kappa shape index (κ2) is 12.8. The zero-order valence-corrected chi connectivity index (χ0v) is 29.2. The molecule has 2 saturated heterocycles. The molecule has 3 aliphatic rings. The van der Waals surface area contributed by atoms with E-state index < -0.39 is 17.6 Å². The van der Waals surface area contributed by atoms with Gasteiger partial charge in [0.25, 0.3) is 5.79 Å². The van der Waals surface area contributed by atoms with Crippen molar-refractivity contribution in [3.8, 4) is 11.5 Å². The number of fused-ring (bicyclic) bond motifs is 3. The number of hydrogen-bond acceptors (Lipinski definition) is 9. The van der Waals surface area contributed by atoms with Gasteiger partial charge in [-0.3, -0.25) is 4.90 Å². The first-order valence-electron chi connectivity index (χ1n) is 16.4. The lowest BCUT2D eigenvalue weighted by atomic mass is 10.0. The van der Waals surface area contributed by atoms with Crippen molar-refractivity contribution in [1.29, 1.82) is 0 Å². The van der Waals surface area contributed by atoms with E-state index in [2.05, 4.69) is 23.9 Å². The highest BCUT2D eigenvalue weighted by molar-refractivity contribution is 6.35. The van der Waals surface area contributed by atoms with Crippen LogP contribution in [0.2, 0.25) is 10.0 Å². The summed E-state index contributed by atoms with van der Waals surface area (Å²) in [6.07, 6.45) is 3.73. The van der Waals surface area contributed by atoms with Gasteiger partial charge < -0.3 is 33.0 Å². The van der Waals surface area contributed by atoms with Crippen LogP contribution in [-0.2, 0) is 34.9 Å². The van der Waals surface area contributed by atoms with Gasteiger partial charge in [-0.15, -0.1) is 0 Å². The number of aryl methyl sites for hydroxylation is 3. The Bertz CT molecular complexity index is 2120. The second-order valence-corrected chi connectivity index (χ2v) is 13.7. The van der Waals surface area contributed by atoms with E-state index >= 15 is 4.39 Å². The van der Waals surface area contributed by atoms with Crippen molar-refractivity contribution >= 4 is 45.9 Å². The summed E-state index contributed by atoms with van der Waals surface area (Å²) in [5.74, 6) is 0.533. The van der Waals surface area contributed by atoms with Crippen molar-refractivity contribution in [1.82, 2.24) is 24.0 Å². The van der Waals surface area contributed by atoms with Crippen LogP contribution in [-0.4, -0.2) is 75.5 Å². The Balaban J connectivity index is 1.08. The Labute approximate surface area is 298 Å². The summed E-state index contributed by atoms with van der Waals surface area (Å²) >= 11 is 12.8. The number of carbonyl (C=O) groups excluding carboxylic acids is 1. The summed E-state index contributed by atoms with van der Waals surface area (Å²) in [7, 11) is 1.35. The first kappa shape index (κ1) is 32.8. The fourth-order valence-electron chi connectivity index (χ4n) is 7.41. The van der Waals surface area contributed by atoms with Crippen LogP contribution in [0.15, 0.2) is 60.9 Å². The van der Waals surface area contributed by atoms with Gasteiger partial charge in [0.15, 0.2) is 11.5 Å². The maximum atomic E-state index is 15.0. The molecule has 3 atom stereocenters. The number of aromatic nitrogens is 4. The molecule has 14 heteroatoms. The minimum absolute atomic E-state index is 0.0129. The molecule has 3 aromatic carbocycles. The molecule has 0 bridgehead atoms. The summed E-state index contributed by atoms with van der Waals surface area (Å²) in [5.41, 5.74) is 2.89. The van der Waals surface area contributed by atoms with Gasteiger partial charge in [-0.05, 0) is 49.4 Å². The van der Waals surface area contributed by atoms with E-state index in [1.54, 1.807) is 37.4 Å². The number of benzene rings is 3. The largest absolute Gasteiger partial charge is 0.465 e. The number of rotatable bonds is 8. The lowest BCUT2D eigenvalue weighted by Crippen LogP contribution is -2.59. The number of ether oxygens (including phenoxy) is 4. The molecule has 8 rings (SSSR count). The summed E-state index contributed by atoms with van der Waals surface area (Å²) in [5, 5.41) is 0.688. The average Bonchev–Trinajstić information content (AvgIpc) is 3.89. The molecule has 260 valence electrons. The van der Waals surface area contributed by atoms with Crippen molar-refractivity contribution in [3.05, 3.63) is 99.6 Å². The summed E-state index contributed by atoms with van der Waals surface area (Å²) in [6, 6.07) is 13.7. The van der Waals surface area contributed by atoms with E-state index in [0.29, 0.717) is 78.6 Å². The first-order chi connectivity index (χ1) is 24.1. The van der Waals surface area contributed by atoms with Crippen molar-refractivity contribution in [3.63, 3.8) is 0 Å². The Morgan fingerprint density at radius 1 is 1.08 bits per heavy atom. The molecule has 2 aromatic heterocycles. The standard InChI is InChI=1S/C36H35Cl2FN6O5/c1-21-40-9-10-42(21)11-14-45-28-16-22(35(46)47-3)15-25(38)33(28)41-32(45)18-43-12-13-44(30-20-48-19-29(30)43)27-5-4-6-31-34(27)50-36(2,49-31)24-8-7-23(37)17-26(24)39/h4-10,15-17,29-30H,11-14,18-20H2,1-3H3/t29-,30+,36?/m1/s1. The Kier molecular flexibility index (Phi) is 8.37. The monoisotopic (exact) mass is 720 g/mol. The molecule has 0 spiro atoms. The van der Waals surface area contributed by atoms with E-state index in [1.807, 2.05) is 31.3 Å². The third-order valence-electron chi connectivity index (χ3n) is 9.95. The van der Waals surface area contributed by atoms with E-state index in [-0.39, 0.29) is 17.6 Å². The Morgan fingerprint density at radius 3 is 2.70 bits per heavy atom. The second-order valence-electron chi connectivity index (χ2n) is 12.9. The van der Waals surface area contributed by atoms with E-state index in [0.717, 1.165) is 22.9 Å². The van der Waals surface area contributed by atoms with Crippen molar-refractivity contribution in [2.75, 3.05) is 38.3 Å². The molecule has 5 heterocycles. The van der Waals surface area contributed by atoms with Gasteiger partial charge in [-0.1, -0.05) is 29.3 Å². The normalized spacial score (nSPS) is 21.6. The number of hydrogen-bond donors (Lipinski definition) is 0. The minimum Gasteiger partial charge on any atom is -0.465 e. The van der Waals surface area contributed by atoms with Gasteiger partial charge in [0.1, 0.15) is 23.0 Å². The number of imidazole rings is 2. The lowest BCUT2D eigenvalue weighted by molar-refractivity contribution is -0.0705. The van der Waals surface area contributed by atoms with Crippen LogP contribution in [0, 0.1) is 12.7 Å². The van der Waals surface area contributed by atoms with Crippen LogP contribution in [0.1, 0.15) is 34.5 Å². The number of methoxy groups -OCH3 is 1. The maximum Gasteiger partial charge on any atom is 0.337 e. The zero-order valence-electron chi connectivity index (χ0n) is 27.7. The van der Waals surface area contributed by atoms with Crippen molar-refractivity contribution in [2.24, 2.45) is 0 Å². The SMILES string of the molecule is COC(=O)c1cc(Cl)c2nc(CN3CCN(c4cccc5c4OC(C)(c4ccc(Cl)cc4F)O5)[C@H]4COC[C@H]43)n(CCn3ccnc3C)c2c1. The average molecular weight is 722 g/mol. The molecule has 0 radical (unpaired) electrons. The highest BCUT2D eigenvalue weighted by Crippen LogP contribution is 2.51. The fourth-order valence-corrected chi connectivity index (χ4v) is 7.83. The molecular weight excluding hydrogens is 686 g/mol. The zero-order chi connectivity index (χ0) is 34.7. The Morgan fingerprint density at radius 2 is 1.92 bits per heavy atom. The smallest absolute Gasteiger partial charge is 0.337 e. The quantitative estimate of drug-likeness (QED) is 0.174. The number of piperazine rings is 1. The molecule has 0 aliphatic carbocycles. The summed E-state index contributed by atoms with van der Waals surface area (Å²) < 4.78 is 43.1. The predicted octanol–water partition coefficient (Wildman–Crippen LogP) is 6.21. The van der Waals surface area contributed by atoms with Crippen LogP contribution >= 0.6 is 23.2 Å². The number of esters is 1. The van der Waals surface area contributed by atoms with Gasteiger partial charge in [0.2, 0.25) is 0 Å². The number of carbonyl (C=O) groups is 1. The van der Waals surface area contributed by atoms with Crippen LogP contribution in [0.25, 0.3) is 11.0 Å². The van der Waals surface area contributed by atoms with E-state index in [4.69, 9.17) is 47.1 Å². The van der Waals surface area contributed by atoms with Gasteiger partial charge in [0, 0.05) is 50.5 Å². The van der Waals surface area contributed by atoms with E-state index in [1.165, 1.54) is 13.2 Å². The van der Waals surface area contributed by atoms with Gasteiger partial charge in [-0.25, -0.2) is 19.2 Å². The van der Waals surface area contributed by atoms with Gasteiger partial charge >= 0.3 is 5.97 Å². The number of nitrogens with zero attached hydrogens (tertiary/aromatic N) is 6. The van der Waals surface area contributed by atoms with Crippen LogP contribution in [0.4, 0.5) is 10.1 Å². The van der Waals surface area contributed by atoms with Crippen LogP contribution < -0.4 is 14.4 Å². The van der Waals surface area contributed by atoms with Crippen LogP contribution in [0.3, 0.4) is 0 Å². The topological polar surface area (TPSA) is 96.1 Å². The fraction of sp³-hybridized carbons (Fsp3) is 0.361. The maximum absolute atomic E-state index is 15.0. The third kappa shape index (κ3) is 5.64. The third-order valence-corrected chi connectivity index (χ3v) is 10.5. The van der Waals surface area contributed by atoms with Crippen molar-refractivity contribution in [2.45, 2.75) is 51.4 Å². The Hall–Kier alpha value is -4.36. The van der Waals surface area contributed by atoms with Gasteiger partial charge in [0.05, 0.1) is 66.3 Å². The first-order valence-corrected chi connectivity index (χ1v) is 17.2. The number of para-hydroxylation sites is 1. The van der Waals surface area contributed by atoms with Gasteiger partial charge in [-0.2, -0.15) is 0 Å². The number of halogens is 3. The number of anilines is 1. The molecule has 0 saturated carbocycles. The summed E-state index contributed by atoms with van der Waals surface area (Å²) in [4.78, 5) is 26.6. The molecule has 1 unspecified atom stereocenters. The lowest BCUT2D eigenvalue weighted by Gasteiger charge is -2.44. The van der Waals surface area contributed by atoms with Crippen LogP contribution in [0.5, 0.6) is 11.5 Å². The molecule has 0 amide bonds. The molecular formula is C36H35Cl2FN6O5. The molecule has 3 aliphatic heterocycles. The highest BCUT2D eigenvalue weighted by atomic mass is 35.5.